The summed E-state index contributed by atoms with van der Waals surface area (Å²) >= 11 is 0. The summed E-state index contributed by atoms with van der Waals surface area (Å²) in [7, 11) is 0. The van der Waals surface area contributed by atoms with Crippen LogP contribution >= 0.6 is 0 Å². The number of hydrogen-bond donors (Lipinski definition) is 3. The molecule has 114 valence electrons. The summed E-state index contributed by atoms with van der Waals surface area (Å²) in [5.41, 5.74) is 7.42. The fourth-order valence-electron chi connectivity index (χ4n) is 2.08. The zero-order valence-corrected chi connectivity index (χ0v) is 12.0. The van der Waals surface area contributed by atoms with Gasteiger partial charge in [0.15, 0.2) is 0 Å². The van der Waals surface area contributed by atoms with Crippen LogP contribution < -0.4 is 11.1 Å². The monoisotopic (exact) mass is 298 g/mol. The van der Waals surface area contributed by atoms with Gasteiger partial charge >= 0.3 is 0 Å². The van der Waals surface area contributed by atoms with E-state index in [1.807, 2.05) is 30.3 Å². The number of primary amides is 1. The van der Waals surface area contributed by atoms with Crippen molar-refractivity contribution in [2.75, 3.05) is 0 Å². The third kappa shape index (κ3) is 4.17. The number of carbonyl (C=O) groups excluding carboxylic acids is 2. The molecule has 5 heteroatoms. The summed E-state index contributed by atoms with van der Waals surface area (Å²) in [6.45, 7) is -0.0835. The second-order valence-electron chi connectivity index (χ2n) is 4.97. The molecule has 1 atom stereocenters. The fraction of sp³-hybridized carbons (Fsp3) is 0.176. The van der Waals surface area contributed by atoms with Gasteiger partial charge in [0, 0.05) is 12.0 Å². The highest BCUT2D eigenvalue weighted by molar-refractivity contribution is 5.97. The minimum absolute atomic E-state index is 0.0835. The van der Waals surface area contributed by atoms with Crippen LogP contribution in [0.2, 0.25) is 0 Å². The van der Waals surface area contributed by atoms with Crippen molar-refractivity contribution in [1.29, 1.82) is 0 Å². The Morgan fingerprint density at radius 2 is 1.64 bits per heavy atom. The Bertz CT molecular complexity index is 639. The Morgan fingerprint density at radius 1 is 1.00 bits per heavy atom. The van der Waals surface area contributed by atoms with E-state index in [4.69, 9.17) is 10.8 Å². The summed E-state index contributed by atoms with van der Waals surface area (Å²) in [6.07, 6.45) is 0.344. The van der Waals surface area contributed by atoms with Crippen LogP contribution in [0, 0.1) is 0 Å². The predicted molar refractivity (Wildman–Crippen MR) is 83.0 cm³/mol. The lowest BCUT2D eigenvalue weighted by Crippen LogP contribution is -2.45. The van der Waals surface area contributed by atoms with Crippen molar-refractivity contribution in [3.8, 4) is 0 Å². The van der Waals surface area contributed by atoms with Crippen molar-refractivity contribution in [2.45, 2.75) is 19.1 Å². The Balaban J connectivity index is 2.06. The molecule has 0 heterocycles. The number of amides is 2. The van der Waals surface area contributed by atoms with Crippen LogP contribution in [0.15, 0.2) is 54.6 Å². The van der Waals surface area contributed by atoms with Crippen LogP contribution in [0.5, 0.6) is 0 Å². The Hall–Kier alpha value is -2.66. The second kappa shape index (κ2) is 7.38. The number of carbonyl (C=O) groups is 2. The lowest BCUT2D eigenvalue weighted by molar-refractivity contribution is -0.119. The molecule has 2 aromatic carbocycles. The molecule has 5 nitrogen and oxygen atoms in total. The lowest BCUT2D eigenvalue weighted by Gasteiger charge is -2.15. The van der Waals surface area contributed by atoms with Gasteiger partial charge in [-0.15, -0.1) is 0 Å². The maximum atomic E-state index is 12.2. The number of aliphatic hydroxyl groups is 1. The van der Waals surface area contributed by atoms with E-state index in [0.717, 1.165) is 5.56 Å². The van der Waals surface area contributed by atoms with E-state index in [2.05, 4.69) is 5.32 Å². The summed E-state index contributed by atoms with van der Waals surface area (Å²) in [6, 6.07) is 15.1. The highest BCUT2D eigenvalue weighted by Crippen LogP contribution is 2.07. The quantitative estimate of drug-likeness (QED) is 0.743. The Kier molecular flexibility index (Phi) is 5.27. The molecular weight excluding hydrogens is 280 g/mol. The number of rotatable bonds is 6. The normalized spacial score (nSPS) is 11.7. The molecule has 0 fully saturated rings. The zero-order chi connectivity index (χ0) is 15.9. The van der Waals surface area contributed by atoms with Gasteiger partial charge in [0.2, 0.25) is 5.91 Å². The molecule has 0 aliphatic carbocycles. The average Bonchev–Trinajstić information content (AvgIpc) is 2.55. The summed E-state index contributed by atoms with van der Waals surface area (Å²) < 4.78 is 0. The molecule has 0 aliphatic rings. The van der Waals surface area contributed by atoms with Gasteiger partial charge in [0.05, 0.1) is 6.61 Å². The van der Waals surface area contributed by atoms with E-state index >= 15 is 0 Å². The number of benzene rings is 2. The first-order chi connectivity index (χ1) is 10.6. The van der Waals surface area contributed by atoms with Crippen molar-refractivity contribution >= 4 is 11.8 Å². The molecule has 0 bridgehead atoms. The molecule has 4 N–H and O–H groups in total. The van der Waals surface area contributed by atoms with Crippen molar-refractivity contribution in [3.05, 3.63) is 71.3 Å². The molecule has 2 aromatic rings. The molecule has 0 unspecified atom stereocenters. The largest absolute Gasteiger partial charge is 0.392 e. The van der Waals surface area contributed by atoms with Crippen molar-refractivity contribution < 1.29 is 14.7 Å². The molecule has 0 spiro atoms. The average molecular weight is 298 g/mol. The molecule has 0 saturated heterocycles. The van der Waals surface area contributed by atoms with E-state index < -0.39 is 11.9 Å². The van der Waals surface area contributed by atoms with Crippen molar-refractivity contribution in [1.82, 2.24) is 5.32 Å². The van der Waals surface area contributed by atoms with Crippen molar-refractivity contribution in [3.63, 3.8) is 0 Å². The van der Waals surface area contributed by atoms with Crippen LogP contribution in [-0.4, -0.2) is 23.0 Å². The molecule has 2 amide bonds. The number of nitrogens with two attached hydrogens (primary N) is 1. The fourth-order valence-corrected chi connectivity index (χ4v) is 2.08. The van der Waals surface area contributed by atoms with Gasteiger partial charge in [-0.1, -0.05) is 42.5 Å². The first-order valence-corrected chi connectivity index (χ1v) is 6.94. The summed E-state index contributed by atoms with van der Waals surface area (Å²) in [4.78, 5) is 23.7. The number of hydrogen-bond acceptors (Lipinski definition) is 3. The summed E-state index contributed by atoms with van der Waals surface area (Å²) in [5.74, 6) is -0.951. The van der Waals surface area contributed by atoms with Gasteiger partial charge in [0.1, 0.15) is 6.04 Å². The molecule has 0 aliphatic heterocycles. The minimum atomic E-state index is -0.771. The molecule has 0 saturated carbocycles. The first-order valence-electron chi connectivity index (χ1n) is 6.94. The third-order valence-corrected chi connectivity index (χ3v) is 3.33. The smallest absolute Gasteiger partial charge is 0.251 e. The van der Waals surface area contributed by atoms with Gasteiger partial charge in [-0.25, -0.2) is 0 Å². The van der Waals surface area contributed by atoms with E-state index in [1.54, 1.807) is 24.3 Å². The zero-order valence-electron chi connectivity index (χ0n) is 12.0. The predicted octanol–water partition coefficient (Wildman–Crippen LogP) is 1.01. The van der Waals surface area contributed by atoms with Crippen LogP contribution in [-0.2, 0) is 17.8 Å². The topological polar surface area (TPSA) is 92.4 Å². The van der Waals surface area contributed by atoms with Gasteiger partial charge in [-0.2, -0.15) is 0 Å². The Labute approximate surface area is 128 Å². The third-order valence-electron chi connectivity index (χ3n) is 3.33. The van der Waals surface area contributed by atoms with Gasteiger partial charge in [-0.3, -0.25) is 9.59 Å². The van der Waals surface area contributed by atoms with Crippen LogP contribution in [0.25, 0.3) is 0 Å². The SMILES string of the molecule is NC(=O)[C@H](Cc1ccccc1)NC(=O)c1ccc(CO)cc1. The highest BCUT2D eigenvalue weighted by Gasteiger charge is 2.19. The Morgan fingerprint density at radius 3 is 2.18 bits per heavy atom. The van der Waals surface area contributed by atoms with E-state index in [-0.39, 0.29) is 12.5 Å². The van der Waals surface area contributed by atoms with Crippen molar-refractivity contribution in [2.24, 2.45) is 5.73 Å². The molecule has 0 aromatic heterocycles. The molecular formula is C17H18N2O3. The van der Waals surface area contributed by atoms with Gasteiger partial charge in [-0.05, 0) is 23.3 Å². The highest BCUT2D eigenvalue weighted by atomic mass is 16.3. The molecule has 2 rings (SSSR count). The van der Waals surface area contributed by atoms with Crippen LogP contribution in [0.4, 0.5) is 0 Å². The maximum Gasteiger partial charge on any atom is 0.251 e. The van der Waals surface area contributed by atoms with Gasteiger partial charge in [0.25, 0.3) is 5.91 Å². The van der Waals surface area contributed by atoms with Crippen LogP contribution in [0.3, 0.4) is 0 Å². The maximum absolute atomic E-state index is 12.2. The standard InChI is InChI=1S/C17H18N2O3/c18-16(21)15(10-12-4-2-1-3-5-12)19-17(22)14-8-6-13(11-20)7-9-14/h1-9,15,20H,10-11H2,(H2,18,21)(H,19,22)/t15-/m0/s1. The van der Waals surface area contributed by atoms with E-state index in [9.17, 15) is 9.59 Å². The van der Waals surface area contributed by atoms with Crippen LogP contribution in [0.1, 0.15) is 21.5 Å². The van der Waals surface area contributed by atoms with E-state index in [0.29, 0.717) is 17.5 Å². The summed E-state index contributed by atoms with van der Waals surface area (Å²) in [5, 5.41) is 11.6. The van der Waals surface area contributed by atoms with Gasteiger partial charge < -0.3 is 16.2 Å². The lowest BCUT2D eigenvalue weighted by atomic mass is 10.0. The minimum Gasteiger partial charge on any atom is -0.392 e. The van der Waals surface area contributed by atoms with E-state index in [1.165, 1.54) is 0 Å². The number of aliphatic hydroxyl groups excluding tert-OH is 1. The molecule has 22 heavy (non-hydrogen) atoms. The first kappa shape index (κ1) is 15.7. The second-order valence-corrected chi connectivity index (χ2v) is 4.97. The number of nitrogens with one attached hydrogen (secondary N) is 1. The molecule has 0 radical (unpaired) electrons.